The topological polar surface area (TPSA) is 81.1 Å². The van der Waals surface area contributed by atoms with Crippen LogP contribution in [0.5, 0.6) is 0 Å². The van der Waals surface area contributed by atoms with E-state index in [-0.39, 0.29) is 22.4 Å². The fraction of sp³-hybridized carbons (Fsp3) is 0.286. The number of nitrogens with one attached hydrogen (secondary N) is 1. The van der Waals surface area contributed by atoms with E-state index < -0.39 is 21.7 Å². The molecule has 0 bridgehead atoms. The van der Waals surface area contributed by atoms with E-state index >= 15 is 0 Å². The van der Waals surface area contributed by atoms with Crippen LogP contribution >= 0.6 is 0 Å². The summed E-state index contributed by atoms with van der Waals surface area (Å²) >= 11 is 0. The Morgan fingerprint density at radius 3 is 2.73 bits per heavy atom. The quantitative estimate of drug-likeness (QED) is 0.924. The second kappa shape index (κ2) is 5.20. The Balaban J connectivity index is 1.84. The molecular formula is C14H14FN3O3S. The highest BCUT2D eigenvalue weighted by atomic mass is 32.2. The van der Waals surface area contributed by atoms with E-state index in [1.165, 1.54) is 24.4 Å². The molecule has 116 valence electrons. The van der Waals surface area contributed by atoms with Crippen LogP contribution < -0.4 is 4.72 Å². The van der Waals surface area contributed by atoms with Gasteiger partial charge in [0.15, 0.2) is 0 Å². The molecule has 0 radical (unpaired) electrons. The Kier molecular flexibility index (Phi) is 3.48. The van der Waals surface area contributed by atoms with Crippen molar-refractivity contribution in [3.05, 3.63) is 42.5 Å². The molecule has 22 heavy (non-hydrogen) atoms. The van der Waals surface area contributed by atoms with E-state index in [0.29, 0.717) is 6.42 Å². The molecule has 1 amide bonds. The molecule has 0 unspecified atom stereocenters. The highest BCUT2D eigenvalue weighted by Crippen LogP contribution is 2.37. The average Bonchev–Trinajstić information content (AvgIpc) is 3.00. The molecule has 2 aromatic rings. The molecule has 3 rings (SSSR count). The van der Waals surface area contributed by atoms with E-state index in [1.807, 2.05) is 11.6 Å². The molecule has 1 heterocycles. The number of benzene rings is 1. The summed E-state index contributed by atoms with van der Waals surface area (Å²) in [7, 11) is -3.99. The highest BCUT2D eigenvalue weighted by Gasteiger charge is 2.40. The predicted molar refractivity (Wildman–Crippen MR) is 76.1 cm³/mol. The van der Waals surface area contributed by atoms with Crippen molar-refractivity contribution in [1.82, 2.24) is 14.5 Å². The third-order valence-electron chi connectivity index (χ3n) is 3.65. The van der Waals surface area contributed by atoms with E-state index in [4.69, 9.17) is 0 Å². The molecule has 1 aliphatic carbocycles. The van der Waals surface area contributed by atoms with Crippen molar-refractivity contribution in [3.63, 3.8) is 0 Å². The average molecular weight is 323 g/mol. The van der Waals surface area contributed by atoms with Crippen molar-refractivity contribution in [2.75, 3.05) is 0 Å². The number of carbonyl (C=O) groups is 1. The number of halogens is 1. The van der Waals surface area contributed by atoms with Gasteiger partial charge in [-0.25, -0.2) is 22.2 Å². The first kappa shape index (κ1) is 14.7. The Morgan fingerprint density at radius 1 is 1.41 bits per heavy atom. The monoisotopic (exact) mass is 323 g/mol. The van der Waals surface area contributed by atoms with E-state index in [2.05, 4.69) is 5.10 Å². The summed E-state index contributed by atoms with van der Waals surface area (Å²) in [6, 6.07) is 5.87. The second-order valence-electron chi connectivity index (χ2n) is 5.36. The van der Waals surface area contributed by atoms with Crippen LogP contribution in [-0.2, 0) is 14.8 Å². The largest absolute Gasteiger partial charge is 0.274 e. The van der Waals surface area contributed by atoms with Gasteiger partial charge in [-0.15, -0.1) is 0 Å². The maximum Gasteiger partial charge on any atom is 0.267 e. The summed E-state index contributed by atoms with van der Waals surface area (Å²) in [6.07, 6.45) is 2.94. The van der Waals surface area contributed by atoms with Gasteiger partial charge in [0.1, 0.15) is 16.4 Å². The van der Waals surface area contributed by atoms with Crippen molar-refractivity contribution in [2.45, 2.75) is 18.2 Å². The number of rotatable bonds is 4. The molecule has 8 heteroatoms. The number of carbonyl (C=O) groups excluding carboxylic acids is 1. The van der Waals surface area contributed by atoms with Crippen LogP contribution in [0.3, 0.4) is 0 Å². The molecule has 1 N–H and O–H groups in total. The lowest BCUT2D eigenvalue weighted by Gasteiger charge is -2.04. The Hall–Kier alpha value is -2.22. The summed E-state index contributed by atoms with van der Waals surface area (Å²) in [5, 5.41) is 3.84. The van der Waals surface area contributed by atoms with Gasteiger partial charge in [0.2, 0.25) is 5.91 Å². The normalized spacial score (nSPS) is 20.6. The van der Waals surface area contributed by atoms with Gasteiger partial charge in [0.05, 0.1) is 12.4 Å². The van der Waals surface area contributed by atoms with Crippen molar-refractivity contribution in [3.8, 4) is 5.69 Å². The van der Waals surface area contributed by atoms with Crippen molar-refractivity contribution in [2.24, 2.45) is 11.8 Å². The maximum atomic E-state index is 13.7. The Morgan fingerprint density at radius 2 is 2.09 bits per heavy atom. The molecule has 1 saturated carbocycles. The Labute approximate surface area is 127 Å². The first-order valence-corrected chi connectivity index (χ1v) is 8.23. The SMILES string of the molecule is C[C@H]1C[C@@H]1C(=O)NS(=O)(=O)c1cnn(-c2ccccc2F)c1. The molecule has 6 nitrogen and oxygen atoms in total. The minimum absolute atomic E-state index is 0.131. The number of sulfonamides is 1. The zero-order chi connectivity index (χ0) is 15.9. The van der Waals surface area contributed by atoms with Crippen LogP contribution in [0.4, 0.5) is 4.39 Å². The van der Waals surface area contributed by atoms with Gasteiger partial charge in [-0.2, -0.15) is 5.10 Å². The van der Waals surface area contributed by atoms with Crippen molar-refractivity contribution >= 4 is 15.9 Å². The van der Waals surface area contributed by atoms with Gasteiger partial charge < -0.3 is 0 Å². The summed E-state index contributed by atoms with van der Waals surface area (Å²) in [4.78, 5) is 11.6. The van der Waals surface area contributed by atoms with Crippen LogP contribution in [0, 0.1) is 17.7 Å². The number of nitrogens with zero attached hydrogens (tertiary/aromatic N) is 2. The first-order valence-electron chi connectivity index (χ1n) is 6.75. The summed E-state index contributed by atoms with van der Waals surface area (Å²) < 4.78 is 41.1. The fourth-order valence-corrected chi connectivity index (χ4v) is 3.13. The minimum Gasteiger partial charge on any atom is -0.274 e. The number of amides is 1. The molecule has 0 saturated heterocycles. The summed E-state index contributed by atoms with van der Waals surface area (Å²) in [5.41, 5.74) is 0.131. The third-order valence-corrected chi connectivity index (χ3v) is 4.95. The summed E-state index contributed by atoms with van der Waals surface area (Å²) in [6.45, 7) is 1.88. The van der Waals surface area contributed by atoms with E-state index in [1.54, 1.807) is 6.07 Å². The molecule has 0 spiro atoms. The number of aromatic nitrogens is 2. The zero-order valence-corrected chi connectivity index (χ0v) is 12.5. The van der Waals surface area contributed by atoms with Gasteiger partial charge in [-0.1, -0.05) is 19.1 Å². The van der Waals surface area contributed by atoms with Gasteiger partial charge in [-0.3, -0.25) is 4.79 Å². The molecular weight excluding hydrogens is 309 g/mol. The van der Waals surface area contributed by atoms with E-state index in [0.717, 1.165) is 10.9 Å². The predicted octanol–water partition coefficient (Wildman–Crippen LogP) is 1.47. The van der Waals surface area contributed by atoms with Gasteiger partial charge in [0.25, 0.3) is 10.0 Å². The molecule has 0 aliphatic heterocycles. The van der Waals surface area contributed by atoms with Crippen molar-refractivity contribution in [1.29, 1.82) is 0 Å². The molecule has 1 aliphatic rings. The lowest BCUT2D eigenvalue weighted by atomic mass is 10.3. The lowest BCUT2D eigenvalue weighted by molar-refractivity contribution is -0.120. The van der Waals surface area contributed by atoms with Gasteiger partial charge >= 0.3 is 0 Å². The van der Waals surface area contributed by atoms with Crippen LogP contribution in [0.2, 0.25) is 0 Å². The first-order chi connectivity index (χ1) is 10.4. The van der Waals surface area contributed by atoms with Gasteiger partial charge in [-0.05, 0) is 24.5 Å². The van der Waals surface area contributed by atoms with E-state index in [9.17, 15) is 17.6 Å². The smallest absolute Gasteiger partial charge is 0.267 e. The molecule has 1 fully saturated rings. The number of hydrogen-bond acceptors (Lipinski definition) is 4. The molecule has 2 atom stereocenters. The fourth-order valence-electron chi connectivity index (χ4n) is 2.17. The number of para-hydroxylation sites is 1. The zero-order valence-electron chi connectivity index (χ0n) is 11.7. The maximum absolute atomic E-state index is 13.7. The highest BCUT2D eigenvalue weighted by molar-refractivity contribution is 7.90. The third kappa shape index (κ3) is 2.74. The lowest BCUT2D eigenvalue weighted by Crippen LogP contribution is -2.31. The summed E-state index contributed by atoms with van der Waals surface area (Å²) in [5.74, 6) is -1.08. The van der Waals surface area contributed by atoms with Crippen LogP contribution in [0.15, 0.2) is 41.6 Å². The van der Waals surface area contributed by atoms with Crippen LogP contribution in [0.1, 0.15) is 13.3 Å². The molecule has 1 aromatic heterocycles. The Bertz CT molecular complexity index is 831. The number of hydrogen-bond donors (Lipinski definition) is 1. The standard InChI is InChI=1S/C14H14FN3O3S/c1-9-6-11(9)14(19)17-22(20,21)10-7-16-18(8-10)13-5-3-2-4-12(13)15/h2-5,7-9,11H,6H2,1H3,(H,17,19)/t9-,11-/m0/s1. The van der Waals surface area contributed by atoms with Gasteiger partial charge in [0, 0.05) is 5.92 Å². The van der Waals surface area contributed by atoms with Crippen molar-refractivity contribution < 1.29 is 17.6 Å². The molecule has 1 aromatic carbocycles. The second-order valence-corrected chi connectivity index (χ2v) is 7.04. The van der Waals surface area contributed by atoms with Crippen LogP contribution in [0.25, 0.3) is 5.69 Å². The minimum atomic E-state index is -3.99. The van der Waals surface area contributed by atoms with Crippen LogP contribution in [-0.4, -0.2) is 24.1 Å².